The summed E-state index contributed by atoms with van der Waals surface area (Å²) < 4.78 is 15.4. The number of rotatable bonds is 4. The van der Waals surface area contributed by atoms with Gasteiger partial charge in [0, 0.05) is 32.5 Å². The zero-order chi connectivity index (χ0) is 18.7. The van der Waals surface area contributed by atoms with Crippen LogP contribution >= 0.6 is 47.0 Å². The highest BCUT2D eigenvalue weighted by atomic mass is 35.5. The minimum atomic E-state index is -0.377. The first-order chi connectivity index (χ1) is 12.4. The third-order valence-electron chi connectivity index (χ3n) is 3.39. The number of thiocarbonyl (C=S) groups is 1. The molecule has 134 valence electrons. The molecule has 9 heteroatoms. The lowest BCUT2D eigenvalue weighted by Crippen LogP contribution is -2.18. The number of aromatic nitrogens is 2. The first-order valence-corrected chi connectivity index (χ1v) is 8.94. The molecule has 0 aliphatic carbocycles. The molecule has 0 radical (unpaired) electrons. The van der Waals surface area contributed by atoms with E-state index in [4.69, 9.17) is 47.0 Å². The summed E-state index contributed by atoms with van der Waals surface area (Å²) in [7, 11) is 0. The standard InChI is InChI=1S/C17H12Cl3FN4S/c18-10-4-11(19)6-12(5-10)23-17(26)24-13-7-22-25(8-13)9-14-15(20)2-1-3-16(14)21/h1-8H,9H2,(H2,23,24,26). The lowest BCUT2D eigenvalue weighted by Gasteiger charge is -2.09. The second-order valence-corrected chi connectivity index (χ2v) is 7.05. The Kier molecular flexibility index (Phi) is 5.98. The van der Waals surface area contributed by atoms with E-state index < -0.39 is 0 Å². The monoisotopic (exact) mass is 428 g/mol. The maximum Gasteiger partial charge on any atom is 0.175 e. The second kappa shape index (κ2) is 8.22. The molecule has 0 amide bonds. The van der Waals surface area contributed by atoms with Crippen LogP contribution in [0.1, 0.15) is 5.56 Å². The quantitative estimate of drug-likeness (QED) is 0.511. The van der Waals surface area contributed by atoms with Crippen LogP contribution in [0, 0.1) is 5.82 Å². The highest BCUT2D eigenvalue weighted by molar-refractivity contribution is 7.80. The van der Waals surface area contributed by atoms with Gasteiger partial charge in [0.15, 0.2) is 5.11 Å². The van der Waals surface area contributed by atoms with Gasteiger partial charge in [-0.1, -0.05) is 40.9 Å². The molecule has 0 unspecified atom stereocenters. The van der Waals surface area contributed by atoms with Gasteiger partial charge in [0.05, 0.1) is 18.4 Å². The van der Waals surface area contributed by atoms with Crippen LogP contribution in [-0.2, 0) is 6.54 Å². The van der Waals surface area contributed by atoms with E-state index in [0.29, 0.717) is 37.1 Å². The molecule has 0 saturated heterocycles. The molecule has 2 N–H and O–H groups in total. The smallest absolute Gasteiger partial charge is 0.175 e. The number of nitrogens with one attached hydrogen (secondary N) is 2. The number of anilines is 2. The summed E-state index contributed by atoms with van der Waals surface area (Å²) in [5.41, 5.74) is 1.67. The third-order valence-corrected chi connectivity index (χ3v) is 4.39. The average molecular weight is 430 g/mol. The molecule has 0 fully saturated rings. The molecule has 4 nitrogen and oxygen atoms in total. The van der Waals surface area contributed by atoms with E-state index in [9.17, 15) is 4.39 Å². The van der Waals surface area contributed by atoms with Gasteiger partial charge in [-0.05, 0) is 42.5 Å². The van der Waals surface area contributed by atoms with Crippen molar-refractivity contribution in [3.63, 3.8) is 0 Å². The largest absolute Gasteiger partial charge is 0.332 e. The molecule has 1 heterocycles. The molecule has 0 atom stereocenters. The van der Waals surface area contributed by atoms with E-state index in [2.05, 4.69) is 15.7 Å². The fraction of sp³-hybridized carbons (Fsp3) is 0.0588. The van der Waals surface area contributed by atoms with Crippen LogP contribution < -0.4 is 10.6 Å². The summed E-state index contributed by atoms with van der Waals surface area (Å²) in [5, 5.41) is 11.8. The average Bonchev–Trinajstić information content (AvgIpc) is 2.97. The van der Waals surface area contributed by atoms with Crippen molar-refractivity contribution in [1.29, 1.82) is 0 Å². The normalized spacial score (nSPS) is 10.6. The van der Waals surface area contributed by atoms with Crippen molar-refractivity contribution >= 4 is 63.5 Å². The van der Waals surface area contributed by atoms with Gasteiger partial charge < -0.3 is 10.6 Å². The van der Waals surface area contributed by atoms with Gasteiger partial charge in [0.2, 0.25) is 0 Å². The number of hydrogen-bond donors (Lipinski definition) is 2. The Bertz CT molecular complexity index is 920. The fourth-order valence-electron chi connectivity index (χ4n) is 2.28. The SMILES string of the molecule is Fc1cccc(Cl)c1Cn1cc(NC(=S)Nc2cc(Cl)cc(Cl)c2)cn1. The Morgan fingerprint density at radius 1 is 1.08 bits per heavy atom. The van der Waals surface area contributed by atoms with E-state index in [1.165, 1.54) is 6.07 Å². The molecule has 0 saturated carbocycles. The molecule has 0 spiro atoms. The number of hydrogen-bond acceptors (Lipinski definition) is 2. The molecule has 0 aliphatic heterocycles. The molecule has 2 aromatic carbocycles. The maximum atomic E-state index is 13.9. The Morgan fingerprint density at radius 2 is 1.77 bits per heavy atom. The molecular formula is C17H12Cl3FN4S. The summed E-state index contributed by atoms with van der Waals surface area (Å²) in [6.07, 6.45) is 3.27. The van der Waals surface area contributed by atoms with E-state index in [1.54, 1.807) is 47.4 Å². The van der Waals surface area contributed by atoms with E-state index >= 15 is 0 Å². The van der Waals surface area contributed by atoms with Crippen molar-refractivity contribution in [3.8, 4) is 0 Å². The summed E-state index contributed by atoms with van der Waals surface area (Å²) in [4.78, 5) is 0. The lowest BCUT2D eigenvalue weighted by atomic mass is 10.2. The summed E-state index contributed by atoms with van der Waals surface area (Å²) in [6, 6.07) is 9.58. The molecule has 0 bridgehead atoms. The van der Waals surface area contributed by atoms with E-state index in [1.807, 2.05) is 0 Å². The van der Waals surface area contributed by atoms with Gasteiger partial charge >= 0.3 is 0 Å². The predicted molar refractivity (Wildman–Crippen MR) is 109 cm³/mol. The zero-order valence-electron chi connectivity index (χ0n) is 13.1. The molecule has 3 rings (SSSR count). The van der Waals surface area contributed by atoms with Crippen molar-refractivity contribution in [3.05, 3.63) is 75.2 Å². The zero-order valence-corrected chi connectivity index (χ0v) is 16.2. The Labute approximate surface area is 169 Å². The van der Waals surface area contributed by atoms with Crippen LogP contribution in [0.2, 0.25) is 15.1 Å². The van der Waals surface area contributed by atoms with Gasteiger partial charge in [-0.15, -0.1) is 0 Å². The van der Waals surface area contributed by atoms with Gasteiger partial charge in [-0.25, -0.2) is 4.39 Å². The first kappa shape index (κ1) is 18.9. The van der Waals surface area contributed by atoms with Crippen molar-refractivity contribution in [2.45, 2.75) is 6.54 Å². The first-order valence-electron chi connectivity index (χ1n) is 7.40. The Hall–Kier alpha value is -1.86. The van der Waals surface area contributed by atoms with Crippen LogP contribution in [0.4, 0.5) is 15.8 Å². The van der Waals surface area contributed by atoms with Crippen LogP contribution in [-0.4, -0.2) is 14.9 Å². The molecule has 1 aromatic heterocycles. The summed E-state index contributed by atoms with van der Waals surface area (Å²) in [5.74, 6) is -0.377. The molecular weight excluding hydrogens is 418 g/mol. The highest BCUT2D eigenvalue weighted by Gasteiger charge is 2.09. The van der Waals surface area contributed by atoms with Gasteiger partial charge in [-0.2, -0.15) is 5.10 Å². The number of benzene rings is 2. The summed E-state index contributed by atoms with van der Waals surface area (Å²) >= 11 is 23.2. The van der Waals surface area contributed by atoms with Crippen LogP contribution in [0.5, 0.6) is 0 Å². The van der Waals surface area contributed by atoms with E-state index in [0.717, 1.165) is 0 Å². The minimum Gasteiger partial charge on any atom is -0.332 e. The Balaban J connectivity index is 1.65. The highest BCUT2D eigenvalue weighted by Crippen LogP contribution is 2.23. The van der Waals surface area contributed by atoms with Crippen LogP contribution in [0.3, 0.4) is 0 Å². The van der Waals surface area contributed by atoms with E-state index in [-0.39, 0.29) is 12.4 Å². The number of nitrogens with zero attached hydrogens (tertiary/aromatic N) is 2. The molecule has 26 heavy (non-hydrogen) atoms. The van der Waals surface area contributed by atoms with Crippen LogP contribution in [0.15, 0.2) is 48.8 Å². The van der Waals surface area contributed by atoms with Crippen molar-refractivity contribution in [2.24, 2.45) is 0 Å². The lowest BCUT2D eigenvalue weighted by molar-refractivity contribution is 0.585. The maximum absolute atomic E-state index is 13.9. The topological polar surface area (TPSA) is 41.9 Å². The van der Waals surface area contributed by atoms with Crippen molar-refractivity contribution in [1.82, 2.24) is 9.78 Å². The van der Waals surface area contributed by atoms with Gasteiger partial charge in [0.25, 0.3) is 0 Å². The fourth-order valence-corrected chi connectivity index (χ4v) is 3.26. The third kappa shape index (κ3) is 4.86. The molecule has 3 aromatic rings. The van der Waals surface area contributed by atoms with Gasteiger partial charge in [0.1, 0.15) is 5.82 Å². The number of halogens is 4. The summed E-state index contributed by atoms with van der Waals surface area (Å²) in [6.45, 7) is 0.206. The van der Waals surface area contributed by atoms with Gasteiger partial charge in [-0.3, -0.25) is 4.68 Å². The van der Waals surface area contributed by atoms with Crippen molar-refractivity contribution < 1.29 is 4.39 Å². The van der Waals surface area contributed by atoms with Crippen molar-refractivity contribution in [2.75, 3.05) is 10.6 Å². The predicted octanol–water partition coefficient (Wildman–Crippen LogP) is 5.84. The Morgan fingerprint density at radius 3 is 2.46 bits per heavy atom. The minimum absolute atomic E-state index is 0.206. The van der Waals surface area contributed by atoms with Crippen LogP contribution in [0.25, 0.3) is 0 Å². The molecule has 0 aliphatic rings. The second-order valence-electron chi connectivity index (χ2n) is 5.36.